The van der Waals surface area contributed by atoms with Crippen LogP contribution in [0.3, 0.4) is 0 Å². The summed E-state index contributed by atoms with van der Waals surface area (Å²) in [5.41, 5.74) is 2.25. The maximum Gasteiger partial charge on any atom is 0.164 e. The lowest BCUT2D eigenvalue weighted by atomic mass is 10.2. The van der Waals surface area contributed by atoms with Crippen molar-refractivity contribution in [3.05, 3.63) is 54.2 Å². The first-order valence-electron chi connectivity index (χ1n) is 7.04. The van der Waals surface area contributed by atoms with E-state index >= 15 is 0 Å². The smallest absolute Gasteiger partial charge is 0.164 e. The second-order valence-electron chi connectivity index (χ2n) is 5.13. The minimum absolute atomic E-state index is 0.0533. The number of fused-ring (bicyclic) bond motifs is 1. The fraction of sp³-hybridized carbons (Fsp3) is 0.250. The van der Waals surface area contributed by atoms with Crippen molar-refractivity contribution in [3.8, 4) is 5.69 Å². The molecule has 0 spiro atoms. The number of ether oxygens (including phenoxy) is 1. The molecule has 21 heavy (non-hydrogen) atoms. The quantitative estimate of drug-likeness (QED) is 0.723. The third kappa shape index (κ3) is 2.10. The van der Waals surface area contributed by atoms with Crippen molar-refractivity contribution < 1.29 is 9.13 Å². The molecule has 1 aliphatic heterocycles. The molecule has 1 aliphatic rings. The van der Waals surface area contributed by atoms with Crippen molar-refractivity contribution >= 4 is 11.2 Å². The lowest BCUT2D eigenvalue weighted by Crippen LogP contribution is -2.07. The zero-order valence-electron chi connectivity index (χ0n) is 11.4. The fourth-order valence-electron chi connectivity index (χ4n) is 2.80. The molecule has 0 amide bonds. The summed E-state index contributed by atoms with van der Waals surface area (Å²) in [5.74, 6) is 0.523. The van der Waals surface area contributed by atoms with Gasteiger partial charge in [0.15, 0.2) is 5.65 Å². The number of benzene rings is 1. The summed E-state index contributed by atoms with van der Waals surface area (Å²) in [6, 6.07) is 10.2. The van der Waals surface area contributed by atoms with Crippen LogP contribution in [0.15, 0.2) is 42.6 Å². The molecule has 1 aromatic carbocycles. The third-order valence-corrected chi connectivity index (χ3v) is 3.73. The second-order valence-corrected chi connectivity index (χ2v) is 5.13. The van der Waals surface area contributed by atoms with Crippen LogP contribution in [-0.2, 0) is 4.74 Å². The number of hydrogen-bond acceptors (Lipinski definition) is 3. The Morgan fingerprint density at radius 2 is 2.19 bits per heavy atom. The first kappa shape index (κ1) is 12.5. The number of rotatable bonds is 2. The molecule has 4 nitrogen and oxygen atoms in total. The van der Waals surface area contributed by atoms with E-state index in [2.05, 4.69) is 9.97 Å². The SMILES string of the molecule is Fc1cccc(-n2c(C3CCCO3)nc3cccnc32)c1. The molecule has 1 saturated heterocycles. The number of halogens is 1. The van der Waals surface area contributed by atoms with E-state index in [-0.39, 0.29) is 11.9 Å². The average Bonchev–Trinajstić information content (AvgIpc) is 3.14. The molecule has 5 heteroatoms. The Hall–Kier alpha value is -2.27. The predicted molar refractivity (Wildman–Crippen MR) is 76.8 cm³/mol. The van der Waals surface area contributed by atoms with Crippen molar-refractivity contribution in [3.63, 3.8) is 0 Å². The van der Waals surface area contributed by atoms with Gasteiger partial charge in [0.1, 0.15) is 23.3 Å². The summed E-state index contributed by atoms with van der Waals surface area (Å²) < 4.78 is 21.2. The lowest BCUT2D eigenvalue weighted by molar-refractivity contribution is 0.104. The van der Waals surface area contributed by atoms with Gasteiger partial charge in [-0.1, -0.05) is 6.07 Å². The highest BCUT2D eigenvalue weighted by molar-refractivity contribution is 5.74. The topological polar surface area (TPSA) is 39.9 Å². The Bertz CT molecular complexity index is 793. The second kappa shape index (κ2) is 4.93. The summed E-state index contributed by atoms with van der Waals surface area (Å²) in [4.78, 5) is 9.06. The molecular formula is C16H14FN3O. The van der Waals surface area contributed by atoms with Gasteiger partial charge in [-0.2, -0.15) is 0 Å². The van der Waals surface area contributed by atoms with Crippen LogP contribution in [0.5, 0.6) is 0 Å². The molecule has 0 aliphatic carbocycles. The van der Waals surface area contributed by atoms with E-state index in [1.807, 2.05) is 22.8 Å². The van der Waals surface area contributed by atoms with E-state index < -0.39 is 0 Å². The van der Waals surface area contributed by atoms with Gasteiger partial charge in [0, 0.05) is 12.8 Å². The third-order valence-electron chi connectivity index (χ3n) is 3.73. The molecule has 0 N–H and O–H groups in total. The van der Waals surface area contributed by atoms with Gasteiger partial charge in [0.05, 0.1) is 5.69 Å². The first-order chi connectivity index (χ1) is 10.3. The number of pyridine rings is 1. The van der Waals surface area contributed by atoms with Crippen LogP contribution in [0.4, 0.5) is 4.39 Å². The Labute approximate surface area is 121 Å². The minimum Gasteiger partial charge on any atom is -0.370 e. The minimum atomic E-state index is -0.274. The summed E-state index contributed by atoms with van der Waals surface area (Å²) in [5, 5.41) is 0. The van der Waals surface area contributed by atoms with E-state index in [0.717, 1.165) is 42.1 Å². The molecule has 0 radical (unpaired) electrons. The molecule has 0 bridgehead atoms. The Morgan fingerprint density at radius 3 is 3.00 bits per heavy atom. The van der Waals surface area contributed by atoms with Gasteiger partial charge in [-0.25, -0.2) is 14.4 Å². The van der Waals surface area contributed by atoms with E-state index in [4.69, 9.17) is 4.74 Å². The number of imidazole rings is 1. The van der Waals surface area contributed by atoms with Gasteiger partial charge in [-0.3, -0.25) is 4.57 Å². The van der Waals surface area contributed by atoms with Crippen molar-refractivity contribution in [2.45, 2.75) is 18.9 Å². The van der Waals surface area contributed by atoms with Crippen LogP contribution in [0.1, 0.15) is 24.8 Å². The summed E-state index contributed by atoms with van der Waals surface area (Å²) in [7, 11) is 0. The van der Waals surface area contributed by atoms with E-state index in [1.165, 1.54) is 12.1 Å². The van der Waals surface area contributed by atoms with E-state index in [9.17, 15) is 4.39 Å². The maximum atomic E-state index is 13.6. The van der Waals surface area contributed by atoms with Crippen LogP contribution in [-0.4, -0.2) is 21.1 Å². The zero-order chi connectivity index (χ0) is 14.2. The maximum absolute atomic E-state index is 13.6. The molecule has 4 rings (SSSR count). The van der Waals surface area contributed by atoms with Gasteiger partial charge in [-0.05, 0) is 43.2 Å². The van der Waals surface area contributed by atoms with Crippen LogP contribution >= 0.6 is 0 Å². The van der Waals surface area contributed by atoms with Crippen LogP contribution in [0, 0.1) is 5.82 Å². The molecular weight excluding hydrogens is 269 g/mol. The van der Waals surface area contributed by atoms with Crippen molar-refractivity contribution in [1.82, 2.24) is 14.5 Å². The number of nitrogens with zero attached hydrogens (tertiary/aromatic N) is 3. The monoisotopic (exact) mass is 283 g/mol. The molecule has 1 unspecified atom stereocenters. The highest BCUT2D eigenvalue weighted by Crippen LogP contribution is 2.32. The summed E-state index contributed by atoms with van der Waals surface area (Å²) in [6.45, 7) is 0.741. The van der Waals surface area contributed by atoms with Crippen molar-refractivity contribution in [1.29, 1.82) is 0 Å². The zero-order valence-corrected chi connectivity index (χ0v) is 11.4. The molecule has 1 atom stereocenters. The molecule has 0 saturated carbocycles. The Morgan fingerprint density at radius 1 is 1.24 bits per heavy atom. The first-order valence-corrected chi connectivity index (χ1v) is 7.04. The molecule has 106 valence electrons. The normalized spacial score (nSPS) is 18.4. The van der Waals surface area contributed by atoms with Crippen LogP contribution in [0.25, 0.3) is 16.9 Å². The molecule has 1 fully saturated rings. The molecule has 2 aromatic heterocycles. The van der Waals surface area contributed by atoms with Gasteiger partial charge >= 0.3 is 0 Å². The standard InChI is InChI=1S/C16H14FN3O/c17-11-4-1-5-12(10-11)20-15-13(6-2-8-18-15)19-16(20)14-7-3-9-21-14/h1-2,4-6,8,10,14H,3,7,9H2. The highest BCUT2D eigenvalue weighted by Gasteiger charge is 2.25. The van der Waals surface area contributed by atoms with E-state index in [1.54, 1.807) is 12.3 Å². The predicted octanol–water partition coefficient (Wildman–Crippen LogP) is 3.41. The molecule has 3 aromatic rings. The Kier molecular flexibility index (Phi) is 2.93. The Balaban J connectivity index is 1.98. The highest BCUT2D eigenvalue weighted by atomic mass is 19.1. The fourth-order valence-corrected chi connectivity index (χ4v) is 2.80. The lowest BCUT2D eigenvalue weighted by Gasteiger charge is -2.13. The van der Waals surface area contributed by atoms with E-state index in [0.29, 0.717) is 0 Å². The van der Waals surface area contributed by atoms with Gasteiger partial charge in [0.2, 0.25) is 0 Å². The van der Waals surface area contributed by atoms with Crippen molar-refractivity contribution in [2.75, 3.05) is 6.61 Å². The largest absolute Gasteiger partial charge is 0.370 e. The van der Waals surface area contributed by atoms with Crippen molar-refractivity contribution in [2.24, 2.45) is 0 Å². The van der Waals surface area contributed by atoms with Gasteiger partial charge < -0.3 is 4.74 Å². The average molecular weight is 283 g/mol. The summed E-state index contributed by atoms with van der Waals surface area (Å²) >= 11 is 0. The van der Waals surface area contributed by atoms with Gasteiger partial charge in [0.25, 0.3) is 0 Å². The molecule has 3 heterocycles. The van der Waals surface area contributed by atoms with Crippen LogP contribution < -0.4 is 0 Å². The number of aromatic nitrogens is 3. The number of hydrogen-bond donors (Lipinski definition) is 0. The van der Waals surface area contributed by atoms with Gasteiger partial charge in [-0.15, -0.1) is 0 Å². The van der Waals surface area contributed by atoms with Crippen LogP contribution in [0.2, 0.25) is 0 Å². The summed E-state index contributed by atoms with van der Waals surface area (Å²) in [6.07, 6.45) is 3.62.